The first-order chi connectivity index (χ1) is 12.5. The van der Waals surface area contributed by atoms with E-state index in [1.807, 2.05) is 28.6 Å². The summed E-state index contributed by atoms with van der Waals surface area (Å²) in [5, 5.41) is 0.603. The maximum atomic E-state index is 12.9. The highest BCUT2D eigenvalue weighted by atomic mass is 35.5. The summed E-state index contributed by atoms with van der Waals surface area (Å²) in [6.45, 7) is 2.61. The predicted molar refractivity (Wildman–Crippen MR) is 109 cm³/mol. The highest BCUT2D eigenvalue weighted by molar-refractivity contribution is 6.31. The number of carbonyl (C=O) groups is 1. The van der Waals surface area contributed by atoms with E-state index in [2.05, 4.69) is 24.1 Å². The molecule has 0 radical (unpaired) electrons. The van der Waals surface area contributed by atoms with Crippen molar-refractivity contribution in [3.8, 4) is 5.75 Å². The van der Waals surface area contributed by atoms with Gasteiger partial charge in [0.1, 0.15) is 11.4 Å². The maximum absolute atomic E-state index is 12.9. The Morgan fingerprint density at radius 2 is 1.85 bits per heavy atom. The van der Waals surface area contributed by atoms with E-state index < -0.39 is 0 Å². The maximum Gasteiger partial charge on any atom is 0.270 e. The van der Waals surface area contributed by atoms with Crippen LogP contribution in [-0.2, 0) is 7.05 Å². The zero-order chi connectivity index (χ0) is 18.4. The Balaban J connectivity index is 0.00000210. The topological polar surface area (TPSA) is 37.7 Å². The Kier molecular flexibility index (Phi) is 5.75. The molecule has 2 fully saturated rings. The minimum atomic E-state index is 0. The molecule has 0 unspecified atom stereocenters. The summed E-state index contributed by atoms with van der Waals surface area (Å²) in [5.41, 5.74) is 1.95. The molecule has 0 bridgehead atoms. The predicted octanol–water partition coefficient (Wildman–Crippen LogP) is 3.48. The molecule has 146 valence electrons. The van der Waals surface area contributed by atoms with Gasteiger partial charge in [0, 0.05) is 44.8 Å². The number of aromatic nitrogens is 1. The van der Waals surface area contributed by atoms with Gasteiger partial charge in [-0.15, -0.1) is 12.4 Å². The molecule has 2 saturated heterocycles. The molecule has 2 aliphatic rings. The van der Waals surface area contributed by atoms with Crippen molar-refractivity contribution in [3.05, 3.63) is 52.8 Å². The number of nitrogens with zero attached hydrogens (tertiary/aromatic N) is 3. The lowest BCUT2D eigenvalue weighted by atomic mass is 9.89. The Morgan fingerprint density at radius 3 is 2.44 bits per heavy atom. The van der Waals surface area contributed by atoms with Gasteiger partial charge in [0.15, 0.2) is 0 Å². The van der Waals surface area contributed by atoms with Gasteiger partial charge in [0.25, 0.3) is 5.91 Å². The number of rotatable bonds is 3. The largest absolute Gasteiger partial charge is 0.497 e. The fraction of sp³-hybridized carbons (Fsp3) is 0.450. The van der Waals surface area contributed by atoms with Crippen LogP contribution in [0.3, 0.4) is 0 Å². The van der Waals surface area contributed by atoms with Gasteiger partial charge in [0.2, 0.25) is 0 Å². The van der Waals surface area contributed by atoms with Gasteiger partial charge < -0.3 is 14.2 Å². The van der Waals surface area contributed by atoms with Gasteiger partial charge in [0.05, 0.1) is 12.1 Å². The van der Waals surface area contributed by atoms with Crippen LogP contribution in [0.25, 0.3) is 0 Å². The average molecular weight is 410 g/mol. The Hall–Kier alpha value is -1.69. The van der Waals surface area contributed by atoms with Crippen molar-refractivity contribution < 1.29 is 9.53 Å². The number of hydrogen-bond donors (Lipinski definition) is 0. The third-order valence-electron chi connectivity index (χ3n) is 5.83. The highest BCUT2D eigenvalue weighted by Crippen LogP contribution is 2.44. The van der Waals surface area contributed by atoms with Crippen LogP contribution in [0.15, 0.2) is 36.5 Å². The Labute approximate surface area is 171 Å². The van der Waals surface area contributed by atoms with Crippen molar-refractivity contribution in [2.75, 3.05) is 33.8 Å². The summed E-state index contributed by atoms with van der Waals surface area (Å²) in [4.78, 5) is 17.3. The molecule has 27 heavy (non-hydrogen) atoms. The molecule has 3 heterocycles. The van der Waals surface area contributed by atoms with Crippen LogP contribution >= 0.6 is 24.0 Å². The van der Waals surface area contributed by atoms with Crippen LogP contribution < -0.4 is 4.74 Å². The fourth-order valence-corrected chi connectivity index (χ4v) is 4.87. The van der Waals surface area contributed by atoms with E-state index in [0.717, 1.165) is 25.4 Å². The SMILES string of the molecule is COc1ccc([C@@H]2[C@@H]3CN(C(=O)c4cc(Cl)cn4C)C[C@@H]3CN2C)cc1.Cl. The number of aryl methyl sites for hydroxylation is 1. The van der Waals surface area contributed by atoms with Crippen LogP contribution in [0.5, 0.6) is 5.75 Å². The van der Waals surface area contributed by atoms with E-state index >= 15 is 0 Å². The summed E-state index contributed by atoms with van der Waals surface area (Å²) in [6, 6.07) is 10.4. The van der Waals surface area contributed by atoms with Crippen LogP contribution in [0.2, 0.25) is 5.02 Å². The third-order valence-corrected chi connectivity index (χ3v) is 6.04. The van der Waals surface area contributed by atoms with Gasteiger partial charge in [-0.25, -0.2) is 0 Å². The van der Waals surface area contributed by atoms with E-state index in [4.69, 9.17) is 16.3 Å². The molecule has 1 aromatic heterocycles. The number of fused-ring (bicyclic) bond motifs is 1. The zero-order valence-electron chi connectivity index (χ0n) is 15.8. The normalized spacial score (nSPS) is 24.6. The van der Waals surface area contributed by atoms with Crippen molar-refractivity contribution in [3.63, 3.8) is 0 Å². The monoisotopic (exact) mass is 409 g/mol. The number of ether oxygens (including phenoxy) is 1. The highest BCUT2D eigenvalue weighted by Gasteiger charge is 2.47. The number of likely N-dealkylation sites (tertiary alicyclic amines) is 2. The Morgan fingerprint density at radius 1 is 1.15 bits per heavy atom. The van der Waals surface area contributed by atoms with Gasteiger partial charge in [-0.3, -0.25) is 9.69 Å². The van der Waals surface area contributed by atoms with Gasteiger partial charge >= 0.3 is 0 Å². The molecule has 1 amide bonds. The fourth-order valence-electron chi connectivity index (χ4n) is 4.63. The zero-order valence-corrected chi connectivity index (χ0v) is 17.3. The number of methoxy groups -OCH3 is 1. The summed E-state index contributed by atoms with van der Waals surface area (Å²) in [6.07, 6.45) is 1.78. The molecule has 0 spiro atoms. The molecular formula is C20H25Cl2N3O2. The number of carbonyl (C=O) groups excluding carboxylic acids is 1. The Bertz CT molecular complexity index is 821. The molecule has 5 nitrogen and oxygen atoms in total. The molecule has 2 aliphatic heterocycles. The van der Waals surface area contributed by atoms with Crippen molar-refractivity contribution in [1.82, 2.24) is 14.4 Å². The van der Waals surface area contributed by atoms with Crippen LogP contribution in [0.1, 0.15) is 22.1 Å². The first-order valence-corrected chi connectivity index (χ1v) is 9.31. The molecular weight excluding hydrogens is 385 g/mol. The molecule has 0 saturated carbocycles. The number of benzene rings is 1. The number of amides is 1. The number of hydrogen-bond acceptors (Lipinski definition) is 3. The second kappa shape index (κ2) is 7.74. The molecule has 0 aliphatic carbocycles. The summed E-state index contributed by atoms with van der Waals surface area (Å²) >= 11 is 6.05. The van der Waals surface area contributed by atoms with E-state index in [-0.39, 0.29) is 18.3 Å². The first kappa shape index (κ1) is 20.1. The lowest BCUT2D eigenvalue weighted by Crippen LogP contribution is -2.34. The van der Waals surface area contributed by atoms with Crippen LogP contribution in [-0.4, -0.2) is 54.1 Å². The molecule has 1 aromatic carbocycles. The van der Waals surface area contributed by atoms with E-state index in [1.165, 1.54) is 5.56 Å². The van der Waals surface area contributed by atoms with E-state index in [1.54, 1.807) is 19.4 Å². The lowest BCUT2D eigenvalue weighted by Gasteiger charge is -2.27. The van der Waals surface area contributed by atoms with E-state index in [0.29, 0.717) is 28.6 Å². The van der Waals surface area contributed by atoms with Gasteiger partial charge in [-0.05, 0) is 36.7 Å². The minimum absolute atomic E-state index is 0. The third kappa shape index (κ3) is 3.56. The second-order valence-electron chi connectivity index (χ2n) is 7.45. The summed E-state index contributed by atoms with van der Waals surface area (Å²) in [5.74, 6) is 1.90. The lowest BCUT2D eigenvalue weighted by molar-refractivity contribution is 0.0758. The van der Waals surface area contributed by atoms with Crippen molar-refractivity contribution >= 4 is 29.9 Å². The standard InChI is InChI=1S/C20H24ClN3O2.ClH/c1-22-11-15(21)8-18(22)20(25)24-10-14-9-23(2)19(17(14)12-24)13-4-6-16(26-3)7-5-13;/h4-8,11,14,17,19H,9-10,12H2,1-3H3;1H/t14-,17+,19+;/m0./s1. The summed E-state index contributed by atoms with van der Waals surface area (Å²) < 4.78 is 7.09. The molecule has 2 aromatic rings. The van der Waals surface area contributed by atoms with Crippen LogP contribution in [0.4, 0.5) is 0 Å². The first-order valence-electron chi connectivity index (χ1n) is 8.93. The van der Waals surface area contributed by atoms with Crippen molar-refractivity contribution in [2.45, 2.75) is 6.04 Å². The molecule has 0 N–H and O–H groups in total. The minimum Gasteiger partial charge on any atom is -0.497 e. The average Bonchev–Trinajstić information content (AvgIpc) is 3.26. The van der Waals surface area contributed by atoms with Gasteiger partial charge in [-0.1, -0.05) is 23.7 Å². The van der Waals surface area contributed by atoms with Crippen molar-refractivity contribution in [2.24, 2.45) is 18.9 Å². The summed E-state index contributed by atoms with van der Waals surface area (Å²) in [7, 11) is 5.73. The van der Waals surface area contributed by atoms with Crippen LogP contribution in [0, 0.1) is 11.8 Å². The van der Waals surface area contributed by atoms with Gasteiger partial charge in [-0.2, -0.15) is 0 Å². The smallest absolute Gasteiger partial charge is 0.270 e. The number of halogens is 2. The second-order valence-corrected chi connectivity index (χ2v) is 7.88. The quantitative estimate of drug-likeness (QED) is 0.778. The van der Waals surface area contributed by atoms with E-state index in [9.17, 15) is 4.79 Å². The molecule has 3 atom stereocenters. The molecule has 7 heteroatoms. The van der Waals surface area contributed by atoms with Crippen molar-refractivity contribution in [1.29, 1.82) is 0 Å². The molecule has 4 rings (SSSR count).